The second kappa shape index (κ2) is 7.23. The van der Waals surface area contributed by atoms with Gasteiger partial charge in [0.2, 0.25) is 5.91 Å². The van der Waals surface area contributed by atoms with E-state index in [4.69, 9.17) is 10.7 Å². The fraction of sp³-hybridized carbons (Fsp3) is 0.400. The van der Waals surface area contributed by atoms with Crippen LogP contribution < -0.4 is 11.3 Å². The van der Waals surface area contributed by atoms with Crippen LogP contribution in [-0.4, -0.2) is 20.4 Å². The Labute approximate surface area is 161 Å². The first-order chi connectivity index (χ1) is 13.0. The van der Waals surface area contributed by atoms with Gasteiger partial charge in [0.1, 0.15) is 10.7 Å². The molecule has 3 aromatic rings. The minimum atomic E-state index is -0.359. The average molecular weight is 382 g/mol. The van der Waals surface area contributed by atoms with E-state index in [0.29, 0.717) is 24.7 Å². The van der Waals surface area contributed by atoms with Gasteiger partial charge in [-0.05, 0) is 49.3 Å². The maximum absolute atomic E-state index is 13.4. The summed E-state index contributed by atoms with van der Waals surface area (Å²) >= 11 is 1.64. The molecule has 0 saturated heterocycles. The molecule has 140 valence electrons. The number of primary amides is 1. The minimum Gasteiger partial charge on any atom is -0.370 e. The number of thiophene rings is 1. The maximum atomic E-state index is 13.4. The fourth-order valence-corrected chi connectivity index (χ4v) is 5.13. The molecule has 0 radical (unpaired) electrons. The lowest BCUT2D eigenvalue weighted by molar-refractivity contribution is -0.118. The molecule has 1 aliphatic carbocycles. The fourth-order valence-electron chi connectivity index (χ4n) is 3.76. The van der Waals surface area contributed by atoms with Crippen LogP contribution in [0.15, 0.2) is 29.3 Å². The lowest BCUT2D eigenvalue weighted by Crippen LogP contribution is -2.25. The summed E-state index contributed by atoms with van der Waals surface area (Å²) in [7, 11) is 0. The summed E-state index contributed by atoms with van der Waals surface area (Å²) in [5.74, 6) is 0.889. The van der Waals surface area contributed by atoms with Gasteiger partial charge < -0.3 is 5.73 Å². The smallest absolute Gasteiger partial charge is 0.262 e. The number of nitrogens with zero attached hydrogens (tertiary/aromatic N) is 3. The quantitative estimate of drug-likeness (QED) is 0.734. The van der Waals surface area contributed by atoms with Crippen molar-refractivity contribution in [1.82, 2.24) is 14.5 Å². The van der Waals surface area contributed by atoms with E-state index in [2.05, 4.69) is 11.9 Å². The van der Waals surface area contributed by atoms with E-state index >= 15 is 0 Å². The summed E-state index contributed by atoms with van der Waals surface area (Å²) in [6.45, 7) is 2.67. The molecular formula is C20H22N4O2S. The number of rotatable bonds is 5. The van der Waals surface area contributed by atoms with Crippen molar-refractivity contribution < 1.29 is 4.79 Å². The molecule has 1 atom stereocenters. The summed E-state index contributed by atoms with van der Waals surface area (Å²) in [6, 6.07) is 3.74. The molecule has 4 rings (SSSR count). The van der Waals surface area contributed by atoms with Gasteiger partial charge in [0.05, 0.1) is 5.39 Å². The van der Waals surface area contributed by atoms with E-state index in [1.807, 2.05) is 12.1 Å². The molecule has 6 nitrogen and oxygen atoms in total. The third-order valence-electron chi connectivity index (χ3n) is 5.14. The summed E-state index contributed by atoms with van der Waals surface area (Å²) in [4.78, 5) is 35.7. The van der Waals surface area contributed by atoms with Crippen LogP contribution in [0.2, 0.25) is 0 Å². The first-order valence-electron chi connectivity index (χ1n) is 9.28. The zero-order chi connectivity index (χ0) is 19.0. The SMILES string of the molecule is CC1CCc2c(sc3nc(-c4cccnc4)n(CCCC(N)=O)c(=O)c23)C1. The number of nitrogens with two attached hydrogens (primary N) is 1. The van der Waals surface area contributed by atoms with E-state index < -0.39 is 0 Å². The number of amides is 1. The van der Waals surface area contributed by atoms with Gasteiger partial charge in [-0.15, -0.1) is 11.3 Å². The highest BCUT2D eigenvalue weighted by Gasteiger charge is 2.24. The summed E-state index contributed by atoms with van der Waals surface area (Å²) in [6.07, 6.45) is 7.22. The molecule has 0 spiro atoms. The molecule has 1 amide bonds. The number of carbonyl (C=O) groups excluding carboxylic acids is 1. The summed E-state index contributed by atoms with van der Waals surface area (Å²) in [5, 5.41) is 0.758. The first-order valence-corrected chi connectivity index (χ1v) is 10.1. The summed E-state index contributed by atoms with van der Waals surface area (Å²) in [5.41, 5.74) is 7.23. The van der Waals surface area contributed by atoms with Crippen molar-refractivity contribution in [2.24, 2.45) is 11.7 Å². The van der Waals surface area contributed by atoms with Crippen molar-refractivity contribution in [3.8, 4) is 11.4 Å². The van der Waals surface area contributed by atoms with Gasteiger partial charge in [-0.1, -0.05) is 6.92 Å². The third kappa shape index (κ3) is 3.39. The van der Waals surface area contributed by atoms with Crippen LogP contribution in [-0.2, 0) is 24.2 Å². The van der Waals surface area contributed by atoms with Gasteiger partial charge >= 0.3 is 0 Å². The molecule has 1 aliphatic rings. The topological polar surface area (TPSA) is 90.9 Å². The predicted octanol–water partition coefficient (Wildman–Crippen LogP) is 2.91. The van der Waals surface area contributed by atoms with Crippen LogP contribution in [0.1, 0.15) is 36.6 Å². The van der Waals surface area contributed by atoms with Crippen molar-refractivity contribution >= 4 is 27.5 Å². The maximum Gasteiger partial charge on any atom is 0.262 e. The Morgan fingerprint density at radius 1 is 1.44 bits per heavy atom. The zero-order valence-electron chi connectivity index (χ0n) is 15.3. The van der Waals surface area contributed by atoms with Crippen LogP contribution >= 0.6 is 11.3 Å². The van der Waals surface area contributed by atoms with Gasteiger partial charge in [0, 0.05) is 35.8 Å². The molecule has 3 aromatic heterocycles. The van der Waals surface area contributed by atoms with E-state index in [0.717, 1.165) is 35.0 Å². The molecule has 0 aliphatic heterocycles. The Morgan fingerprint density at radius 2 is 2.30 bits per heavy atom. The van der Waals surface area contributed by atoms with Crippen LogP contribution in [0.5, 0.6) is 0 Å². The monoisotopic (exact) mass is 382 g/mol. The van der Waals surface area contributed by atoms with Gasteiger partial charge in [-0.3, -0.25) is 19.1 Å². The van der Waals surface area contributed by atoms with Crippen molar-refractivity contribution in [1.29, 1.82) is 0 Å². The lowest BCUT2D eigenvalue weighted by atomic mass is 9.89. The zero-order valence-corrected chi connectivity index (χ0v) is 16.1. The van der Waals surface area contributed by atoms with Crippen LogP contribution in [0.3, 0.4) is 0 Å². The molecule has 3 heterocycles. The minimum absolute atomic E-state index is 0.0182. The number of fused-ring (bicyclic) bond motifs is 3. The van der Waals surface area contributed by atoms with Gasteiger partial charge in [-0.25, -0.2) is 4.98 Å². The van der Waals surface area contributed by atoms with Crippen molar-refractivity contribution in [3.05, 3.63) is 45.3 Å². The number of aromatic nitrogens is 3. The second-order valence-corrected chi connectivity index (χ2v) is 8.32. The molecule has 2 N–H and O–H groups in total. The van der Waals surface area contributed by atoms with Gasteiger partial charge in [-0.2, -0.15) is 0 Å². The normalized spacial score (nSPS) is 16.4. The van der Waals surface area contributed by atoms with Gasteiger partial charge in [0.25, 0.3) is 5.56 Å². The van der Waals surface area contributed by atoms with Crippen molar-refractivity contribution in [3.63, 3.8) is 0 Å². The largest absolute Gasteiger partial charge is 0.370 e. The molecule has 7 heteroatoms. The van der Waals surface area contributed by atoms with Crippen LogP contribution in [0.4, 0.5) is 0 Å². The predicted molar refractivity (Wildman–Crippen MR) is 107 cm³/mol. The standard InChI is InChI=1S/C20H22N4O2S/c1-12-6-7-14-15(10-12)27-19-17(14)20(26)24(9-3-5-16(21)25)18(23-19)13-4-2-8-22-11-13/h2,4,8,11-12H,3,5-7,9-10H2,1H3,(H2,21,25). The van der Waals surface area contributed by atoms with Crippen molar-refractivity contribution in [2.75, 3.05) is 0 Å². The lowest BCUT2D eigenvalue weighted by Gasteiger charge is -2.18. The Morgan fingerprint density at radius 3 is 3.04 bits per heavy atom. The van der Waals surface area contributed by atoms with E-state index in [1.165, 1.54) is 10.4 Å². The highest BCUT2D eigenvalue weighted by molar-refractivity contribution is 7.18. The number of carbonyl (C=O) groups is 1. The number of pyridine rings is 1. The Balaban J connectivity index is 1.89. The summed E-state index contributed by atoms with van der Waals surface area (Å²) < 4.78 is 1.69. The highest BCUT2D eigenvalue weighted by Crippen LogP contribution is 2.36. The second-order valence-electron chi connectivity index (χ2n) is 7.24. The Kier molecular flexibility index (Phi) is 4.78. The van der Waals surface area contributed by atoms with E-state index in [9.17, 15) is 9.59 Å². The van der Waals surface area contributed by atoms with Crippen molar-refractivity contribution in [2.45, 2.75) is 45.6 Å². The molecule has 0 saturated carbocycles. The molecule has 0 fully saturated rings. The first kappa shape index (κ1) is 17.9. The molecule has 0 bridgehead atoms. The van der Waals surface area contributed by atoms with E-state index in [1.54, 1.807) is 28.3 Å². The van der Waals surface area contributed by atoms with Crippen LogP contribution in [0.25, 0.3) is 21.6 Å². The number of hydrogen-bond donors (Lipinski definition) is 1. The number of aryl methyl sites for hydroxylation is 1. The third-order valence-corrected chi connectivity index (χ3v) is 6.29. The Hall–Kier alpha value is -2.54. The van der Waals surface area contributed by atoms with Crippen LogP contribution in [0, 0.1) is 5.92 Å². The molecular weight excluding hydrogens is 360 g/mol. The highest BCUT2D eigenvalue weighted by atomic mass is 32.1. The van der Waals surface area contributed by atoms with Gasteiger partial charge in [0.15, 0.2) is 0 Å². The van der Waals surface area contributed by atoms with E-state index in [-0.39, 0.29) is 17.9 Å². The molecule has 1 unspecified atom stereocenters. The Bertz CT molecular complexity index is 1060. The molecule has 27 heavy (non-hydrogen) atoms. The average Bonchev–Trinajstić information content (AvgIpc) is 3.01. The number of hydrogen-bond acceptors (Lipinski definition) is 5. The molecule has 0 aromatic carbocycles.